The average molecular weight is 344 g/mol. The van der Waals surface area contributed by atoms with Crippen LogP contribution in [-0.2, 0) is 22.9 Å². The predicted molar refractivity (Wildman–Crippen MR) is 91.9 cm³/mol. The van der Waals surface area contributed by atoms with Crippen molar-refractivity contribution in [2.24, 2.45) is 0 Å². The number of rotatable bonds is 7. The number of hydrogen-bond acceptors (Lipinski definition) is 4. The Morgan fingerprint density at radius 2 is 1.95 bits per heavy atom. The van der Waals surface area contributed by atoms with Crippen molar-refractivity contribution in [2.75, 3.05) is 18.6 Å². The van der Waals surface area contributed by atoms with Crippen molar-refractivity contribution >= 4 is 21.8 Å². The van der Waals surface area contributed by atoms with Crippen molar-refractivity contribution < 1.29 is 13.5 Å². The second-order valence-electron chi connectivity index (χ2n) is 6.20. The third-order valence-electron chi connectivity index (χ3n) is 4.12. The fourth-order valence-corrected chi connectivity index (χ4v) is 4.48. The molecule has 2 rings (SSSR count). The molecule has 0 spiro atoms. The van der Waals surface area contributed by atoms with Gasteiger partial charge in [-0.2, -0.15) is 11.8 Å². The Morgan fingerprint density at radius 1 is 1.27 bits per heavy atom. The maximum absolute atomic E-state index is 12.4. The highest BCUT2D eigenvalue weighted by Crippen LogP contribution is 2.24. The van der Waals surface area contributed by atoms with Crippen LogP contribution in [0.4, 0.5) is 0 Å². The van der Waals surface area contributed by atoms with Crippen LogP contribution in [0.3, 0.4) is 0 Å². The van der Waals surface area contributed by atoms with Crippen molar-refractivity contribution in [3.05, 3.63) is 29.3 Å². The van der Waals surface area contributed by atoms with Crippen LogP contribution in [0.15, 0.2) is 23.1 Å². The van der Waals surface area contributed by atoms with E-state index in [9.17, 15) is 13.5 Å². The van der Waals surface area contributed by atoms with Gasteiger partial charge in [0.1, 0.15) is 0 Å². The number of aliphatic hydroxyl groups is 1. The number of aryl methyl sites for hydroxylation is 2. The largest absolute Gasteiger partial charge is 0.389 e. The molecule has 1 atom stereocenters. The molecule has 0 bridgehead atoms. The van der Waals surface area contributed by atoms with Crippen LogP contribution >= 0.6 is 11.8 Å². The van der Waals surface area contributed by atoms with Crippen LogP contribution in [0.25, 0.3) is 0 Å². The summed E-state index contributed by atoms with van der Waals surface area (Å²) < 4.78 is 27.4. The van der Waals surface area contributed by atoms with E-state index in [1.54, 1.807) is 30.8 Å². The molecule has 1 aromatic rings. The summed E-state index contributed by atoms with van der Waals surface area (Å²) in [7, 11) is -3.57. The lowest BCUT2D eigenvalue weighted by molar-refractivity contribution is 0.0626. The Morgan fingerprint density at radius 3 is 2.64 bits per heavy atom. The molecule has 22 heavy (non-hydrogen) atoms. The molecule has 0 aliphatic heterocycles. The first-order valence-corrected chi connectivity index (χ1v) is 10.5. The summed E-state index contributed by atoms with van der Waals surface area (Å²) in [5.74, 6) is 0.799. The molecule has 1 aliphatic rings. The quantitative estimate of drug-likeness (QED) is 0.797. The highest BCUT2D eigenvalue weighted by Gasteiger charge is 2.24. The second-order valence-corrected chi connectivity index (χ2v) is 8.95. The summed E-state index contributed by atoms with van der Waals surface area (Å²) in [4.78, 5) is 0.300. The number of nitrogens with one attached hydrogen (secondary N) is 1. The molecule has 2 N–H and O–H groups in total. The van der Waals surface area contributed by atoms with E-state index >= 15 is 0 Å². The minimum Gasteiger partial charge on any atom is -0.389 e. The molecule has 0 saturated heterocycles. The molecule has 1 aromatic carbocycles. The van der Waals surface area contributed by atoms with Gasteiger partial charge in [0.25, 0.3) is 0 Å². The van der Waals surface area contributed by atoms with Crippen LogP contribution < -0.4 is 4.72 Å². The summed E-state index contributed by atoms with van der Waals surface area (Å²) >= 11 is 1.64. The molecule has 6 heteroatoms. The minimum absolute atomic E-state index is 0.0347. The first-order chi connectivity index (χ1) is 10.3. The molecular weight excluding hydrogens is 318 g/mol. The summed E-state index contributed by atoms with van der Waals surface area (Å²) in [5, 5.41) is 10.2. The van der Waals surface area contributed by atoms with Gasteiger partial charge < -0.3 is 5.11 Å². The maximum Gasteiger partial charge on any atom is 0.240 e. The van der Waals surface area contributed by atoms with Gasteiger partial charge in [0.05, 0.1) is 10.5 Å². The fourth-order valence-electron chi connectivity index (χ4n) is 2.62. The molecule has 0 amide bonds. The van der Waals surface area contributed by atoms with Crippen LogP contribution in [-0.4, -0.2) is 37.7 Å². The number of fused-ring (bicyclic) bond motifs is 1. The van der Waals surface area contributed by atoms with Gasteiger partial charge >= 0.3 is 0 Å². The van der Waals surface area contributed by atoms with Gasteiger partial charge in [-0.3, -0.25) is 0 Å². The zero-order valence-corrected chi connectivity index (χ0v) is 14.9. The van der Waals surface area contributed by atoms with Crippen molar-refractivity contribution in [1.29, 1.82) is 0 Å². The first kappa shape index (κ1) is 17.8. The monoisotopic (exact) mass is 343 g/mol. The molecule has 0 heterocycles. The zero-order chi connectivity index (χ0) is 16.2. The highest BCUT2D eigenvalue weighted by molar-refractivity contribution is 7.98. The smallest absolute Gasteiger partial charge is 0.240 e. The summed E-state index contributed by atoms with van der Waals surface area (Å²) in [6.07, 6.45) is 6.80. The van der Waals surface area contributed by atoms with E-state index in [-0.39, 0.29) is 6.54 Å². The Kier molecular flexibility index (Phi) is 5.94. The first-order valence-electron chi connectivity index (χ1n) is 7.67. The summed E-state index contributed by atoms with van der Waals surface area (Å²) in [6, 6.07) is 5.38. The van der Waals surface area contributed by atoms with Gasteiger partial charge in [-0.25, -0.2) is 13.1 Å². The topological polar surface area (TPSA) is 66.4 Å². The lowest BCUT2D eigenvalue weighted by Gasteiger charge is -2.23. The lowest BCUT2D eigenvalue weighted by atomic mass is 9.92. The van der Waals surface area contributed by atoms with Crippen LogP contribution in [0.5, 0.6) is 0 Å². The van der Waals surface area contributed by atoms with Crippen molar-refractivity contribution in [1.82, 2.24) is 4.72 Å². The SMILES string of the molecule is CSCCC(C)(O)CNS(=O)(=O)c1ccc2c(c1)CCCC2. The zero-order valence-electron chi connectivity index (χ0n) is 13.3. The molecule has 124 valence electrons. The van der Waals surface area contributed by atoms with E-state index < -0.39 is 15.6 Å². The van der Waals surface area contributed by atoms with Gasteiger partial charge in [0.2, 0.25) is 10.0 Å². The van der Waals surface area contributed by atoms with Crippen molar-refractivity contribution in [3.63, 3.8) is 0 Å². The molecule has 1 unspecified atom stereocenters. The Labute approximate surface area is 137 Å². The van der Waals surface area contributed by atoms with Gasteiger partial charge in [-0.1, -0.05) is 6.07 Å². The average Bonchev–Trinajstić information content (AvgIpc) is 2.51. The Bertz CT molecular complexity index is 612. The molecule has 0 fully saturated rings. The van der Waals surface area contributed by atoms with Crippen LogP contribution in [0.2, 0.25) is 0 Å². The minimum atomic E-state index is -3.57. The summed E-state index contributed by atoms with van der Waals surface area (Å²) in [6.45, 7) is 1.70. The Balaban J connectivity index is 2.07. The van der Waals surface area contributed by atoms with Crippen LogP contribution in [0.1, 0.15) is 37.3 Å². The van der Waals surface area contributed by atoms with E-state index in [0.29, 0.717) is 11.3 Å². The molecule has 0 radical (unpaired) electrons. The standard InChI is InChI=1S/C16H25NO3S2/c1-16(18,9-10-21-2)12-17-22(19,20)15-8-7-13-5-3-4-6-14(13)11-15/h7-8,11,17-18H,3-6,9-10,12H2,1-2H3. The highest BCUT2D eigenvalue weighted by atomic mass is 32.2. The maximum atomic E-state index is 12.4. The molecule has 0 saturated carbocycles. The molecular formula is C16H25NO3S2. The van der Waals surface area contributed by atoms with Gasteiger partial charge in [-0.05, 0) is 74.3 Å². The number of sulfonamides is 1. The Hall–Kier alpha value is -0.560. The van der Waals surface area contributed by atoms with Gasteiger partial charge in [0.15, 0.2) is 0 Å². The van der Waals surface area contributed by atoms with E-state index in [0.717, 1.165) is 30.6 Å². The lowest BCUT2D eigenvalue weighted by Crippen LogP contribution is -2.41. The van der Waals surface area contributed by atoms with Gasteiger partial charge in [0, 0.05) is 6.54 Å². The van der Waals surface area contributed by atoms with Crippen LogP contribution in [0, 0.1) is 0 Å². The van der Waals surface area contributed by atoms with E-state index in [4.69, 9.17) is 0 Å². The van der Waals surface area contributed by atoms with E-state index in [1.165, 1.54) is 12.0 Å². The van der Waals surface area contributed by atoms with Crippen molar-refractivity contribution in [2.45, 2.75) is 49.5 Å². The third-order valence-corrected chi connectivity index (χ3v) is 6.13. The normalized spacial score (nSPS) is 17.8. The van der Waals surface area contributed by atoms with Gasteiger partial charge in [-0.15, -0.1) is 0 Å². The van der Waals surface area contributed by atoms with E-state index in [1.807, 2.05) is 12.3 Å². The predicted octanol–water partition coefficient (Wildman–Crippen LogP) is 2.35. The number of hydrogen-bond donors (Lipinski definition) is 2. The number of benzene rings is 1. The van der Waals surface area contributed by atoms with Crippen molar-refractivity contribution in [3.8, 4) is 0 Å². The molecule has 0 aromatic heterocycles. The summed E-state index contributed by atoms with van der Waals surface area (Å²) in [5.41, 5.74) is 1.38. The second kappa shape index (κ2) is 7.34. The molecule has 4 nitrogen and oxygen atoms in total. The third kappa shape index (κ3) is 4.72. The molecule has 1 aliphatic carbocycles. The number of thioether (sulfide) groups is 1. The van der Waals surface area contributed by atoms with E-state index in [2.05, 4.69) is 4.72 Å². The fraction of sp³-hybridized carbons (Fsp3) is 0.625.